The van der Waals surface area contributed by atoms with Gasteiger partial charge in [-0.05, 0) is 5.56 Å². The van der Waals surface area contributed by atoms with Crippen molar-refractivity contribution in [3.05, 3.63) is 48.0 Å². The molecule has 2 amide bonds. The van der Waals surface area contributed by atoms with Crippen molar-refractivity contribution in [1.82, 2.24) is 24.6 Å². The molecule has 0 saturated carbocycles. The lowest BCUT2D eigenvalue weighted by Crippen LogP contribution is -2.48. The van der Waals surface area contributed by atoms with E-state index < -0.39 is 0 Å². The molecule has 1 saturated heterocycles. The molecule has 1 aliphatic rings. The fourth-order valence-corrected chi connectivity index (χ4v) is 2.61. The number of ether oxygens (including phenoxy) is 1. The average molecular weight is 315 g/mol. The monoisotopic (exact) mass is 315 g/mol. The van der Waals surface area contributed by atoms with Crippen LogP contribution in [-0.2, 0) is 11.3 Å². The number of carbonyl (C=O) groups excluding carboxylic acids is 1. The van der Waals surface area contributed by atoms with E-state index in [4.69, 9.17) is 4.74 Å². The Bertz CT molecular complexity index is 656. The lowest BCUT2D eigenvalue weighted by Gasteiger charge is -2.35. The van der Waals surface area contributed by atoms with Gasteiger partial charge in [-0.1, -0.05) is 30.3 Å². The zero-order chi connectivity index (χ0) is 16.2. The van der Waals surface area contributed by atoms with Gasteiger partial charge in [-0.2, -0.15) is 5.10 Å². The molecule has 0 bridgehead atoms. The molecule has 7 nitrogen and oxygen atoms in total. The van der Waals surface area contributed by atoms with Gasteiger partial charge >= 0.3 is 6.03 Å². The standard InChI is InChI=1S/C16H21N5O2/c1-19(2)16(22)21-8-9-23-11-14(21)15-17-12-20(18-15)10-13-6-4-3-5-7-13/h3-7,12,14H,8-11H2,1-2H3/t14-/m1/s1. The molecule has 122 valence electrons. The number of morpholine rings is 1. The summed E-state index contributed by atoms with van der Waals surface area (Å²) in [6, 6.07) is 9.80. The second-order valence-electron chi connectivity index (χ2n) is 5.75. The van der Waals surface area contributed by atoms with Crippen LogP contribution in [0, 0.1) is 0 Å². The van der Waals surface area contributed by atoms with Crippen LogP contribution < -0.4 is 0 Å². The summed E-state index contributed by atoms with van der Waals surface area (Å²) in [5.41, 5.74) is 1.16. The molecule has 3 rings (SSSR count). The average Bonchev–Trinajstić information content (AvgIpc) is 3.03. The molecular formula is C16H21N5O2. The van der Waals surface area contributed by atoms with E-state index in [0.29, 0.717) is 32.1 Å². The fraction of sp³-hybridized carbons (Fsp3) is 0.438. The number of benzene rings is 1. The Balaban J connectivity index is 1.76. The van der Waals surface area contributed by atoms with Gasteiger partial charge in [-0.15, -0.1) is 0 Å². The summed E-state index contributed by atoms with van der Waals surface area (Å²) in [4.78, 5) is 20.0. The molecule has 7 heteroatoms. The quantitative estimate of drug-likeness (QED) is 0.858. The first-order valence-electron chi connectivity index (χ1n) is 7.64. The Labute approximate surface area is 135 Å². The third-order valence-corrected chi connectivity index (χ3v) is 3.80. The summed E-state index contributed by atoms with van der Waals surface area (Å²) >= 11 is 0. The van der Waals surface area contributed by atoms with Gasteiger partial charge in [0.1, 0.15) is 12.4 Å². The van der Waals surface area contributed by atoms with Crippen molar-refractivity contribution >= 4 is 6.03 Å². The fourth-order valence-electron chi connectivity index (χ4n) is 2.61. The Morgan fingerprint density at radius 3 is 2.87 bits per heavy atom. The topological polar surface area (TPSA) is 63.5 Å². The molecule has 1 aromatic carbocycles. The van der Waals surface area contributed by atoms with Crippen molar-refractivity contribution in [2.24, 2.45) is 0 Å². The molecular weight excluding hydrogens is 294 g/mol. The maximum absolute atomic E-state index is 12.3. The van der Waals surface area contributed by atoms with Crippen LogP contribution in [0.2, 0.25) is 0 Å². The molecule has 2 heterocycles. The van der Waals surface area contributed by atoms with Gasteiger partial charge in [0.2, 0.25) is 0 Å². The van der Waals surface area contributed by atoms with Gasteiger partial charge in [0.05, 0.1) is 19.8 Å². The lowest BCUT2D eigenvalue weighted by molar-refractivity contribution is 0.00302. The van der Waals surface area contributed by atoms with Crippen LogP contribution in [0.4, 0.5) is 4.79 Å². The van der Waals surface area contributed by atoms with E-state index in [1.54, 1.807) is 34.9 Å². The van der Waals surface area contributed by atoms with Gasteiger partial charge in [0.25, 0.3) is 0 Å². The molecule has 1 fully saturated rings. The molecule has 0 unspecified atom stereocenters. The number of aromatic nitrogens is 3. The number of hydrogen-bond donors (Lipinski definition) is 0. The van der Waals surface area contributed by atoms with Gasteiger partial charge in [0, 0.05) is 20.6 Å². The SMILES string of the molecule is CN(C)C(=O)N1CCOC[C@@H]1c1ncn(Cc2ccccc2)n1. The number of carbonyl (C=O) groups is 1. The summed E-state index contributed by atoms with van der Waals surface area (Å²) in [7, 11) is 3.49. The molecule has 1 aliphatic heterocycles. The third kappa shape index (κ3) is 3.50. The van der Waals surface area contributed by atoms with Crippen LogP contribution in [0.3, 0.4) is 0 Å². The van der Waals surface area contributed by atoms with Crippen LogP contribution in [0.1, 0.15) is 17.4 Å². The molecule has 0 spiro atoms. The predicted molar refractivity (Wildman–Crippen MR) is 84.9 cm³/mol. The largest absolute Gasteiger partial charge is 0.377 e. The number of nitrogens with zero attached hydrogens (tertiary/aromatic N) is 5. The zero-order valence-corrected chi connectivity index (χ0v) is 13.4. The van der Waals surface area contributed by atoms with Crippen molar-refractivity contribution in [3.63, 3.8) is 0 Å². The van der Waals surface area contributed by atoms with Crippen molar-refractivity contribution in [1.29, 1.82) is 0 Å². The lowest BCUT2D eigenvalue weighted by atomic mass is 10.2. The molecule has 1 atom stereocenters. The number of rotatable bonds is 3. The van der Waals surface area contributed by atoms with E-state index in [1.165, 1.54) is 0 Å². The van der Waals surface area contributed by atoms with Gasteiger partial charge in [0.15, 0.2) is 5.82 Å². The van der Waals surface area contributed by atoms with Crippen molar-refractivity contribution in [2.45, 2.75) is 12.6 Å². The summed E-state index contributed by atoms with van der Waals surface area (Å²) < 4.78 is 7.31. The Kier molecular flexibility index (Phi) is 4.57. The minimum Gasteiger partial charge on any atom is -0.377 e. The van der Waals surface area contributed by atoms with E-state index in [2.05, 4.69) is 10.1 Å². The molecule has 0 radical (unpaired) electrons. The summed E-state index contributed by atoms with van der Waals surface area (Å²) in [5.74, 6) is 0.621. The second-order valence-corrected chi connectivity index (χ2v) is 5.75. The Hall–Kier alpha value is -2.41. The summed E-state index contributed by atoms with van der Waals surface area (Å²) in [6.07, 6.45) is 1.70. The third-order valence-electron chi connectivity index (χ3n) is 3.80. The highest BCUT2D eigenvalue weighted by Gasteiger charge is 2.32. The molecule has 1 aromatic heterocycles. The van der Waals surface area contributed by atoms with Gasteiger partial charge in [-0.3, -0.25) is 0 Å². The Morgan fingerprint density at radius 1 is 1.35 bits per heavy atom. The Morgan fingerprint density at radius 2 is 2.13 bits per heavy atom. The van der Waals surface area contributed by atoms with E-state index in [9.17, 15) is 4.79 Å². The molecule has 2 aromatic rings. The van der Waals surface area contributed by atoms with Crippen LogP contribution in [-0.4, -0.2) is 64.4 Å². The highest BCUT2D eigenvalue weighted by molar-refractivity contribution is 5.74. The van der Waals surface area contributed by atoms with Gasteiger partial charge in [-0.25, -0.2) is 14.5 Å². The first kappa shape index (κ1) is 15.5. The highest BCUT2D eigenvalue weighted by atomic mass is 16.5. The number of amides is 2. The van der Waals surface area contributed by atoms with E-state index >= 15 is 0 Å². The van der Waals surface area contributed by atoms with Crippen LogP contribution in [0.25, 0.3) is 0 Å². The van der Waals surface area contributed by atoms with Crippen molar-refractivity contribution in [2.75, 3.05) is 33.9 Å². The van der Waals surface area contributed by atoms with Gasteiger partial charge < -0.3 is 14.5 Å². The predicted octanol–water partition coefficient (Wildman–Crippen LogP) is 1.38. The van der Waals surface area contributed by atoms with Crippen molar-refractivity contribution in [3.8, 4) is 0 Å². The van der Waals surface area contributed by atoms with E-state index in [0.717, 1.165) is 5.56 Å². The first-order valence-corrected chi connectivity index (χ1v) is 7.64. The maximum atomic E-state index is 12.3. The van der Waals surface area contributed by atoms with Crippen LogP contribution in [0.15, 0.2) is 36.7 Å². The van der Waals surface area contributed by atoms with E-state index in [1.807, 2.05) is 30.3 Å². The van der Waals surface area contributed by atoms with Crippen LogP contribution >= 0.6 is 0 Å². The van der Waals surface area contributed by atoms with Crippen molar-refractivity contribution < 1.29 is 9.53 Å². The normalized spacial score (nSPS) is 18.0. The maximum Gasteiger partial charge on any atom is 0.320 e. The van der Waals surface area contributed by atoms with E-state index in [-0.39, 0.29) is 12.1 Å². The highest BCUT2D eigenvalue weighted by Crippen LogP contribution is 2.22. The summed E-state index contributed by atoms with van der Waals surface area (Å²) in [5, 5.41) is 4.53. The van der Waals surface area contributed by atoms with Crippen LogP contribution in [0.5, 0.6) is 0 Å². The number of urea groups is 1. The smallest absolute Gasteiger partial charge is 0.320 e. The molecule has 23 heavy (non-hydrogen) atoms. The second kappa shape index (κ2) is 6.78. The first-order chi connectivity index (χ1) is 11.1. The molecule has 0 N–H and O–H groups in total. The molecule has 0 aliphatic carbocycles. The minimum atomic E-state index is -0.240. The number of hydrogen-bond acceptors (Lipinski definition) is 4. The minimum absolute atomic E-state index is 0.0438. The zero-order valence-electron chi connectivity index (χ0n) is 13.4. The summed E-state index contributed by atoms with van der Waals surface area (Å²) in [6.45, 7) is 2.17.